The van der Waals surface area contributed by atoms with Gasteiger partial charge in [0, 0.05) is 12.0 Å². The first-order valence-corrected chi connectivity index (χ1v) is 8.50. The minimum absolute atomic E-state index is 0.0360. The van der Waals surface area contributed by atoms with E-state index >= 15 is 0 Å². The van der Waals surface area contributed by atoms with Crippen LogP contribution < -0.4 is 5.14 Å². The molecular formula is C13H29NO3S. The van der Waals surface area contributed by atoms with E-state index in [1.165, 1.54) is 19.3 Å². The average Bonchev–Trinajstić information content (AvgIpc) is 2.19. The summed E-state index contributed by atoms with van der Waals surface area (Å²) in [6.07, 6.45) is 4.72. The molecule has 0 aliphatic rings. The summed E-state index contributed by atoms with van der Waals surface area (Å²) >= 11 is 0. The van der Waals surface area contributed by atoms with Crippen LogP contribution in [0.1, 0.15) is 53.4 Å². The third kappa shape index (κ3) is 9.85. The van der Waals surface area contributed by atoms with Gasteiger partial charge in [-0.05, 0) is 12.3 Å². The molecule has 0 aromatic rings. The van der Waals surface area contributed by atoms with Crippen molar-refractivity contribution in [2.75, 3.05) is 19.0 Å². The number of rotatable bonds is 10. The SMILES string of the molecule is CCCCC(CC)COCC(C)(C)CS(N)(=O)=O. The van der Waals surface area contributed by atoms with Crippen molar-refractivity contribution in [2.24, 2.45) is 16.5 Å². The van der Waals surface area contributed by atoms with Crippen LogP contribution in [0.5, 0.6) is 0 Å². The van der Waals surface area contributed by atoms with Gasteiger partial charge in [0.2, 0.25) is 10.0 Å². The number of nitrogens with two attached hydrogens (primary N) is 1. The fourth-order valence-corrected chi connectivity index (χ4v) is 3.16. The van der Waals surface area contributed by atoms with Crippen molar-refractivity contribution in [1.82, 2.24) is 0 Å². The molecule has 0 saturated carbocycles. The molecule has 0 fully saturated rings. The van der Waals surface area contributed by atoms with Gasteiger partial charge in [-0.15, -0.1) is 0 Å². The number of hydrogen-bond acceptors (Lipinski definition) is 3. The van der Waals surface area contributed by atoms with E-state index in [0.717, 1.165) is 6.42 Å². The minimum atomic E-state index is -3.43. The molecule has 0 aromatic carbocycles. The van der Waals surface area contributed by atoms with Gasteiger partial charge in [0.15, 0.2) is 0 Å². The van der Waals surface area contributed by atoms with Crippen molar-refractivity contribution in [3.8, 4) is 0 Å². The van der Waals surface area contributed by atoms with Crippen LogP contribution in [0, 0.1) is 11.3 Å². The summed E-state index contributed by atoms with van der Waals surface area (Å²) in [6.45, 7) is 9.23. The molecule has 0 amide bonds. The molecule has 0 aliphatic carbocycles. The highest BCUT2D eigenvalue weighted by molar-refractivity contribution is 7.89. The van der Waals surface area contributed by atoms with Gasteiger partial charge in [0.1, 0.15) is 0 Å². The Bertz CT molecular complexity index is 312. The van der Waals surface area contributed by atoms with Gasteiger partial charge in [-0.2, -0.15) is 0 Å². The Labute approximate surface area is 112 Å². The fraction of sp³-hybridized carbons (Fsp3) is 1.00. The maximum atomic E-state index is 11.1. The second-order valence-electron chi connectivity index (χ2n) is 5.90. The molecule has 0 rings (SSSR count). The second-order valence-corrected chi connectivity index (χ2v) is 7.52. The van der Waals surface area contributed by atoms with Crippen molar-refractivity contribution in [1.29, 1.82) is 0 Å². The van der Waals surface area contributed by atoms with E-state index in [-0.39, 0.29) is 5.75 Å². The van der Waals surface area contributed by atoms with Crippen molar-refractivity contribution < 1.29 is 13.2 Å². The lowest BCUT2D eigenvalue weighted by molar-refractivity contribution is 0.0454. The van der Waals surface area contributed by atoms with Gasteiger partial charge in [-0.25, -0.2) is 13.6 Å². The van der Waals surface area contributed by atoms with E-state index in [0.29, 0.717) is 19.1 Å². The second kappa shape index (κ2) is 8.12. The Morgan fingerprint density at radius 3 is 2.33 bits per heavy atom. The van der Waals surface area contributed by atoms with Crippen molar-refractivity contribution in [3.05, 3.63) is 0 Å². The monoisotopic (exact) mass is 279 g/mol. The molecule has 0 aliphatic heterocycles. The lowest BCUT2D eigenvalue weighted by Crippen LogP contribution is -2.33. The van der Waals surface area contributed by atoms with Gasteiger partial charge >= 0.3 is 0 Å². The molecule has 0 heterocycles. The van der Waals surface area contributed by atoms with Gasteiger partial charge in [-0.3, -0.25) is 0 Å². The van der Waals surface area contributed by atoms with Gasteiger partial charge in [0.05, 0.1) is 12.4 Å². The molecule has 4 nitrogen and oxygen atoms in total. The molecule has 0 spiro atoms. The summed E-state index contributed by atoms with van der Waals surface area (Å²) in [5.74, 6) is 0.543. The molecule has 1 unspecified atom stereocenters. The Kier molecular flexibility index (Phi) is 8.06. The third-order valence-corrected chi connectivity index (χ3v) is 4.17. The van der Waals surface area contributed by atoms with Gasteiger partial charge in [-0.1, -0.05) is 47.0 Å². The van der Waals surface area contributed by atoms with Gasteiger partial charge in [0.25, 0.3) is 0 Å². The van der Waals surface area contributed by atoms with Crippen LogP contribution in [0.25, 0.3) is 0 Å². The molecule has 2 N–H and O–H groups in total. The number of unbranched alkanes of at least 4 members (excludes halogenated alkanes) is 1. The largest absolute Gasteiger partial charge is 0.381 e. The molecule has 0 saturated heterocycles. The third-order valence-electron chi connectivity index (χ3n) is 2.98. The van der Waals surface area contributed by atoms with E-state index in [9.17, 15) is 8.42 Å². The van der Waals surface area contributed by atoms with Gasteiger partial charge < -0.3 is 4.74 Å². The average molecular weight is 279 g/mol. The zero-order chi connectivity index (χ0) is 14.2. The first-order chi connectivity index (χ1) is 8.20. The van der Waals surface area contributed by atoms with Crippen molar-refractivity contribution >= 4 is 10.0 Å². The summed E-state index contributed by atoms with van der Waals surface area (Å²) in [4.78, 5) is 0. The minimum Gasteiger partial charge on any atom is -0.381 e. The number of hydrogen-bond donors (Lipinski definition) is 1. The molecule has 18 heavy (non-hydrogen) atoms. The molecule has 110 valence electrons. The zero-order valence-corrected chi connectivity index (χ0v) is 13.1. The van der Waals surface area contributed by atoms with Crippen LogP contribution >= 0.6 is 0 Å². The Hall–Kier alpha value is -0.130. The quantitative estimate of drug-likeness (QED) is 0.668. The highest BCUT2D eigenvalue weighted by Gasteiger charge is 2.24. The van der Waals surface area contributed by atoms with Crippen LogP contribution in [-0.4, -0.2) is 27.4 Å². The van der Waals surface area contributed by atoms with Crippen molar-refractivity contribution in [2.45, 2.75) is 53.4 Å². The maximum Gasteiger partial charge on any atom is 0.209 e. The summed E-state index contributed by atoms with van der Waals surface area (Å²) < 4.78 is 27.8. The fourth-order valence-electron chi connectivity index (χ4n) is 1.99. The maximum absolute atomic E-state index is 11.1. The highest BCUT2D eigenvalue weighted by atomic mass is 32.2. The topological polar surface area (TPSA) is 69.4 Å². The number of ether oxygens (including phenoxy) is 1. The Balaban J connectivity index is 4.00. The van der Waals surface area contributed by atoms with E-state index in [4.69, 9.17) is 9.88 Å². The molecule has 0 aromatic heterocycles. The zero-order valence-electron chi connectivity index (χ0n) is 12.2. The lowest BCUT2D eigenvalue weighted by atomic mass is 9.97. The normalized spacial score (nSPS) is 14.7. The smallest absolute Gasteiger partial charge is 0.209 e. The van der Waals surface area contributed by atoms with Crippen LogP contribution in [0.2, 0.25) is 0 Å². The van der Waals surface area contributed by atoms with E-state index in [1.54, 1.807) is 0 Å². The van der Waals surface area contributed by atoms with Crippen LogP contribution in [0.15, 0.2) is 0 Å². The predicted octanol–water partition coefficient (Wildman–Crippen LogP) is 2.53. The standard InChI is InChI=1S/C13H29NO3S/c1-5-7-8-12(6-2)9-17-10-13(3,4)11-18(14,15)16/h12H,5-11H2,1-4H3,(H2,14,15,16). The first-order valence-electron chi connectivity index (χ1n) is 6.78. The first kappa shape index (κ1) is 17.9. The summed E-state index contributed by atoms with van der Waals surface area (Å²) in [5, 5.41) is 5.06. The Morgan fingerprint density at radius 2 is 1.89 bits per heavy atom. The van der Waals surface area contributed by atoms with Crippen LogP contribution in [0.3, 0.4) is 0 Å². The molecule has 0 radical (unpaired) electrons. The van der Waals surface area contributed by atoms with E-state index in [1.807, 2.05) is 13.8 Å². The number of primary sulfonamides is 1. The Morgan fingerprint density at radius 1 is 1.28 bits per heavy atom. The predicted molar refractivity (Wildman–Crippen MR) is 75.9 cm³/mol. The molecule has 5 heteroatoms. The van der Waals surface area contributed by atoms with E-state index in [2.05, 4.69) is 13.8 Å². The van der Waals surface area contributed by atoms with Crippen LogP contribution in [-0.2, 0) is 14.8 Å². The number of sulfonamides is 1. The molecule has 1 atom stereocenters. The van der Waals surface area contributed by atoms with Crippen molar-refractivity contribution in [3.63, 3.8) is 0 Å². The summed E-state index contributed by atoms with van der Waals surface area (Å²) in [6, 6.07) is 0. The summed E-state index contributed by atoms with van der Waals surface area (Å²) in [7, 11) is -3.43. The highest BCUT2D eigenvalue weighted by Crippen LogP contribution is 2.19. The summed E-state index contributed by atoms with van der Waals surface area (Å²) in [5.41, 5.74) is -0.420. The molecule has 0 bridgehead atoms. The van der Waals surface area contributed by atoms with E-state index < -0.39 is 15.4 Å². The lowest BCUT2D eigenvalue weighted by Gasteiger charge is -2.24. The van der Waals surface area contributed by atoms with Crippen LogP contribution in [0.4, 0.5) is 0 Å². The molecular weight excluding hydrogens is 250 g/mol.